The minimum atomic E-state index is -0.0963. The summed E-state index contributed by atoms with van der Waals surface area (Å²) in [6, 6.07) is 0. The fourth-order valence-corrected chi connectivity index (χ4v) is 1.44. The molecule has 7 heteroatoms. The van der Waals surface area contributed by atoms with Crippen molar-refractivity contribution in [2.24, 2.45) is 11.0 Å². The highest BCUT2D eigenvalue weighted by Gasteiger charge is 2.12. The van der Waals surface area contributed by atoms with Gasteiger partial charge in [-0.05, 0) is 17.9 Å². The van der Waals surface area contributed by atoms with Gasteiger partial charge in [0.2, 0.25) is 0 Å². The summed E-state index contributed by atoms with van der Waals surface area (Å²) < 4.78 is 15.5. The van der Waals surface area contributed by atoms with Gasteiger partial charge in [0.1, 0.15) is 6.79 Å². The fourth-order valence-electron chi connectivity index (χ4n) is 1.18. The molecule has 100 valence electrons. The Morgan fingerprint density at radius 3 is 2.76 bits per heavy atom. The third-order valence-corrected chi connectivity index (χ3v) is 3.20. The fraction of sp³-hybridized carbons (Fsp3) is 1.00. The van der Waals surface area contributed by atoms with E-state index in [9.17, 15) is 0 Å². The summed E-state index contributed by atoms with van der Waals surface area (Å²) in [5.41, 5.74) is 8.29. The molecule has 0 saturated carbocycles. The first-order valence-corrected chi connectivity index (χ1v) is 6.61. The molecule has 0 aromatic rings. The second-order valence-electron chi connectivity index (χ2n) is 3.72. The van der Waals surface area contributed by atoms with Crippen LogP contribution >= 0.6 is 15.9 Å². The Morgan fingerprint density at radius 2 is 2.18 bits per heavy atom. The number of ether oxygens (including phenoxy) is 3. The van der Waals surface area contributed by atoms with Crippen molar-refractivity contribution in [1.29, 1.82) is 0 Å². The smallest absolute Gasteiger partial charge is 0.147 e. The van der Waals surface area contributed by atoms with Gasteiger partial charge in [0.15, 0.2) is 0 Å². The molecule has 0 heterocycles. The normalized spacial score (nSPS) is 14.1. The Balaban J connectivity index is 3.80. The molecule has 0 aromatic heterocycles. The maximum Gasteiger partial charge on any atom is 0.147 e. The van der Waals surface area contributed by atoms with Gasteiger partial charge in [0.25, 0.3) is 0 Å². The Hall–Kier alpha value is -0.330. The summed E-state index contributed by atoms with van der Waals surface area (Å²) in [6.45, 7) is 3.68. The van der Waals surface area contributed by atoms with E-state index in [4.69, 9.17) is 19.7 Å². The zero-order valence-corrected chi connectivity index (χ0v) is 11.9. The molecule has 0 aliphatic heterocycles. The molecule has 0 amide bonds. The highest BCUT2D eigenvalue weighted by atomic mass is 79.9. The Morgan fingerprint density at radius 1 is 1.41 bits per heavy atom. The third-order valence-electron chi connectivity index (χ3n) is 2.10. The van der Waals surface area contributed by atoms with Crippen LogP contribution in [-0.4, -0.2) is 45.1 Å². The molecular formula is C10H20BrN3O3. The molecule has 0 aliphatic carbocycles. The average Bonchev–Trinajstić information content (AvgIpc) is 2.35. The summed E-state index contributed by atoms with van der Waals surface area (Å²) in [5, 5.41) is 4.43. The largest absolute Gasteiger partial charge is 0.382 e. The topological polar surface area (TPSA) is 76.5 Å². The average molecular weight is 310 g/mol. The lowest BCUT2D eigenvalue weighted by molar-refractivity contribution is -0.0986. The summed E-state index contributed by atoms with van der Waals surface area (Å²) >= 11 is 3.41. The molecule has 6 nitrogen and oxygen atoms in total. The van der Waals surface area contributed by atoms with Crippen molar-refractivity contribution >= 4 is 15.9 Å². The van der Waals surface area contributed by atoms with Crippen LogP contribution in [-0.2, 0) is 14.2 Å². The number of methoxy groups -OCH3 is 1. The van der Waals surface area contributed by atoms with Crippen LogP contribution in [0.25, 0.3) is 10.4 Å². The number of rotatable bonds is 11. The van der Waals surface area contributed by atoms with E-state index in [1.54, 1.807) is 7.11 Å². The molecule has 0 aliphatic rings. The number of hydrogen-bond donors (Lipinski definition) is 0. The molecular weight excluding hydrogens is 290 g/mol. The van der Waals surface area contributed by atoms with Crippen molar-refractivity contribution in [3.05, 3.63) is 10.4 Å². The zero-order valence-electron chi connectivity index (χ0n) is 10.3. The van der Waals surface area contributed by atoms with E-state index < -0.39 is 0 Å². The molecule has 0 N–H and O–H groups in total. The van der Waals surface area contributed by atoms with Gasteiger partial charge in [0.05, 0.1) is 25.9 Å². The second-order valence-corrected chi connectivity index (χ2v) is 4.36. The maximum atomic E-state index is 8.29. The second kappa shape index (κ2) is 12.1. The van der Waals surface area contributed by atoms with Crippen molar-refractivity contribution in [1.82, 2.24) is 0 Å². The first-order valence-electron chi connectivity index (χ1n) is 5.49. The van der Waals surface area contributed by atoms with E-state index in [2.05, 4.69) is 32.9 Å². The van der Waals surface area contributed by atoms with Crippen LogP contribution in [0, 0.1) is 5.92 Å². The van der Waals surface area contributed by atoms with Gasteiger partial charge < -0.3 is 14.2 Å². The number of halogens is 1. The monoisotopic (exact) mass is 309 g/mol. The van der Waals surface area contributed by atoms with Crippen LogP contribution in [0.1, 0.15) is 13.3 Å². The Kier molecular flexibility index (Phi) is 11.9. The van der Waals surface area contributed by atoms with Crippen LogP contribution in [0.2, 0.25) is 0 Å². The van der Waals surface area contributed by atoms with Gasteiger partial charge in [-0.1, -0.05) is 28.0 Å². The van der Waals surface area contributed by atoms with Crippen LogP contribution in [0.5, 0.6) is 0 Å². The van der Waals surface area contributed by atoms with Gasteiger partial charge in [0, 0.05) is 17.4 Å². The summed E-state index contributed by atoms with van der Waals surface area (Å²) in [6.07, 6.45) is 0.735. The van der Waals surface area contributed by atoms with Gasteiger partial charge in [-0.2, -0.15) is 0 Å². The van der Waals surface area contributed by atoms with Crippen LogP contribution in [0.15, 0.2) is 5.11 Å². The number of nitrogens with zero attached hydrogens (tertiary/aromatic N) is 3. The Labute approximate surface area is 110 Å². The van der Waals surface area contributed by atoms with Crippen molar-refractivity contribution in [2.75, 3.05) is 39.0 Å². The van der Waals surface area contributed by atoms with E-state index in [0.717, 1.165) is 11.8 Å². The minimum Gasteiger partial charge on any atom is -0.382 e. The highest BCUT2D eigenvalue weighted by molar-refractivity contribution is 9.09. The molecule has 17 heavy (non-hydrogen) atoms. The third kappa shape index (κ3) is 10.5. The molecule has 0 saturated heterocycles. The number of alkyl halides is 1. The standard InChI is InChI=1S/C10H20BrN3O3/c1-9(6-11)5-10(7-13-14-12)17-8-16-4-3-15-2/h9-10H,3-8H2,1-2H3/t9-,10-/m1/s1. The Bertz CT molecular complexity index is 225. The van der Waals surface area contributed by atoms with Gasteiger partial charge in [-0.25, -0.2) is 0 Å². The maximum absolute atomic E-state index is 8.29. The SMILES string of the molecule is COCCOCO[C@@H](CN=[N+]=[N-])C[C@@H](C)CBr. The lowest BCUT2D eigenvalue weighted by atomic mass is 10.1. The number of hydrogen-bond acceptors (Lipinski definition) is 4. The summed E-state index contributed by atoms with van der Waals surface area (Å²) in [4.78, 5) is 2.74. The first-order chi connectivity index (χ1) is 8.24. The van der Waals surface area contributed by atoms with Crippen molar-refractivity contribution in [3.8, 4) is 0 Å². The van der Waals surface area contributed by atoms with Crippen molar-refractivity contribution in [2.45, 2.75) is 19.4 Å². The van der Waals surface area contributed by atoms with Crippen LogP contribution in [0.4, 0.5) is 0 Å². The molecule has 0 fully saturated rings. The minimum absolute atomic E-state index is 0.0963. The quantitative estimate of drug-likeness (QED) is 0.147. The first kappa shape index (κ1) is 16.7. The predicted molar refractivity (Wildman–Crippen MR) is 69.2 cm³/mol. The summed E-state index contributed by atoms with van der Waals surface area (Å²) in [7, 11) is 1.62. The van der Waals surface area contributed by atoms with Gasteiger partial charge in [-0.3, -0.25) is 0 Å². The van der Waals surface area contributed by atoms with E-state index >= 15 is 0 Å². The molecule has 2 atom stereocenters. The van der Waals surface area contributed by atoms with Gasteiger partial charge in [-0.15, -0.1) is 0 Å². The lowest BCUT2D eigenvalue weighted by Gasteiger charge is -2.18. The molecule has 0 bridgehead atoms. The van der Waals surface area contributed by atoms with Crippen molar-refractivity contribution in [3.63, 3.8) is 0 Å². The van der Waals surface area contributed by atoms with E-state index in [-0.39, 0.29) is 12.9 Å². The molecule has 0 aromatic carbocycles. The van der Waals surface area contributed by atoms with Crippen LogP contribution in [0.3, 0.4) is 0 Å². The van der Waals surface area contributed by atoms with Crippen molar-refractivity contribution < 1.29 is 14.2 Å². The molecule has 0 radical (unpaired) electrons. The molecule has 0 unspecified atom stereocenters. The molecule has 0 rings (SSSR count). The lowest BCUT2D eigenvalue weighted by Crippen LogP contribution is -2.22. The summed E-state index contributed by atoms with van der Waals surface area (Å²) in [5.74, 6) is 0.466. The predicted octanol–water partition coefficient (Wildman–Crippen LogP) is 2.72. The zero-order chi connectivity index (χ0) is 12.9. The van der Waals surface area contributed by atoms with E-state index in [1.165, 1.54) is 0 Å². The van der Waals surface area contributed by atoms with Gasteiger partial charge >= 0.3 is 0 Å². The van der Waals surface area contributed by atoms with E-state index in [0.29, 0.717) is 25.7 Å². The van der Waals surface area contributed by atoms with E-state index in [1.807, 2.05) is 0 Å². The van der Waals surface area contributed by atoms with Crippen LogP contribution < -0.4 is 0 Å². The molecule has 0 spiro atoms. The number of azide groups is 1. The highest BCUT2D eigenvalue weighted by Crippen LogP contribution is 2.12.